The second-order valence-corrected chi connectivity index (χ2v) is 4.30. The van der Waals surface area contributed by atoms with Crippen LogP contribution in [0.5, 0.6) is 0 Å². The maximum absolute atomic E-state index is 11.9. The lowest BCUT2D eigenvalue weighted by molar-refractivity contribution is 0.0951. The van der Waals surface area contributed by atoms with Gasteiger partial charge in [-0.05, 0) is 18.2 Å². The lowest BCUT2D eigenvalue weighted by Crippen LogP contribution is -2.24. The lowest BCUT2D eigenvalue weighted by atomic mass is 10.2. The summed E-state index contributed by atoms with van der Waals surface area (Å²) in [4.78, 5) is 22.0. The minimum atomic E-state index is -0.115. The number of pyridine rings is 2. The van der Waals surface area contributed by atoms with Crippen molar-refractivity contribution in [3.8, 4) is 0 Å². The summed E-state index contributed by atoms with van der Waals surface area (Å²) in [6.07, 6.45) is 4.94. The fourth-order valence-electron chi connectivity index (χ4n) is 1.75. The lowest BCUT2D eigenvalue weighted by Gasteiger charge is -2.16. The van der Waals surface area contributed by atoms with E-state index in [9.17, 15) is 4.79 Å². The van der Waals surface area contributed by atoms with E-state index in [0.717, 1.165) is 11.4 Å². The Labute approximate surface area is 112 Å². The Bertz CT molecular complexity index is 554. The highest BCUT2D eigenvalue weighted by molar-refractivity contribution is 5.93. The summed E-state index contributed by atoms with van der Waals surface area (Å²) in [6, 6.07) is 7.19. The smallest absolute Gasteiger partial charge is 0.251 e. The summed E-state index contributed by atoms with van der Waals surface area (Å²) in [5.41, 5.74) is 1.58. The van der Waals surface area contributed by atoms with E-state index in [2.05, 4.69) is 15.3 Å². The van der Waals surface area contributed by atoms with Gasteiger partial charge in [0.15, 0.2) is 0 Å². The van der Waals surface area contributed by atoms with Crippen LogP contribution in [0.15, 0.2) is 42.9 Å². The molecular weight excluding hydrogens is 240 g/mol. The van der Waals surface area contributed by atoms with Crippen molar-refractivity contribution < 1.29 is 4.79 Å². The van der Waals surface area contributed by atoms with Crippen LogP contribution in [0.1, 0.15) is 15.9 Å². The third-order valence-corrected chi connectivity index (χ3v) is 2.67. The van der Waals surface area contributed by atoms with Crippen LogP contribution in [-0.4, -0.2) is 30.0 Å². The third kappa shape index (κ3) is 3.28. The Kier molecular flexibility index (Phi) is 4.07. The van der Waals surface area contributed by atoms with E-state index in [0.29, 0.717) is 12.1 Å². The molecule has 0 bridgehead atoms. The van der Waals surface area contributed by atoms with Crippen molar-refractivity contribution in [1.29, 1.82) is 0 Å². The predicted molar refractivity (Wildman–Crippen MR) is 74.0 cm³/mol. The molecule has 0 saturated heterocycles. The van der Waals surface area contributed by atoms with Gasteiger partial charge < -0.3 is 10.2 Å². The molecule has 1 N–H and O–H groups in total. The van der Waals surface area contributed by atoms with E-state index < -0.39 is 0 Å². The Morgan fingerprint density at radius 3 is 2.63 bits per heavy atom. The van der Waals surface area contributed by atoms with Gasteiger partial charge in [-0.25, -0.2) is 4.98 Å². The van der Waals surface area contributed by atoms with Gasteiger partial charge in [0.05, 0.1) is 0 Å². The van der Waals surface area contributed by atoms with Gasteiger partial charge in [0.1, 0.15) is 5.82 Å². The monoisotopic (exact) mass is 256 g/mol. The minimum Gasteiger partial charge on any atom is -0.362 e. The number of hydrogen-bond donors (Lipinski definition) is 1. The van der Waals surface area contributed by atoms with Crippen LogP contribution < -0.4 is 10.2 Å². The van der Waals surface area contributed by atoms with E-state index in [-0.39, 0.29) is 5.91 Å². The summed E-state index contributed by atoms with van der Waals surface area (Å²) in [5, 5.41) is 2.88. The second kappa shape index (κ2) is 5.95. The van der Waals surface area contributed by atoms with Crippen LogP contribution in [0.2, 0.25) is 0 Å². The van der Waals surface area contributed by atoms with Crippen LogP contribution in [0.3, 0.4) is 0 Å². The number of aromatic nitrogens is 2. The van der Waals surface area contributed by atoms with Gasteiger partial charge in [-0.2, -0.15) is 0 Å². The van der Waals surface area contributed by atoms with Gasteiger partial charge >= 0.3 is 0 Å². The molecule has 0 saturated carbocycles. The van der Waals surface area contributed by atoms with Crippen LogP contribution in [0, 0.1) is 0 Å². The van der Waals surface area contributed by atoms with Gasteiger partial charge in [-0.3, -0.25) is 9.78 Å². The average Bonchev–Trinajstić information content (AvgIpc) is 2.46. The largest absolute Gasteiger partial charge is 0.362 e. The number of rotatable bonds is 4. The first-order valence-corrected chi connectivity index (χ1v) is 5.98. The fourth-order valence-corrected chi connectivity index (χ4v) is 1.75. The van der Waals surface area contributed by atoms with Crippen molar-refractivity contribution in [3.63, 3.8) is 0 Å². The Morgan fingerprint density at radius 2 is 1.95 bits per heavy atom. The Hall–Kier alpha value is -2.43. The topological polar surface area (TPSA) is 58.1 Å². The summed E-state index contributed by atoms with van der Waals surface area (Å²) < 4.78 is 0. The highest BCUT2D eigenvalue weighted by Crippen LogP contribution is 2.13. The molecule has 0 spiro atoms. The van der Waals surface area contributed by atoms with E-state index >= 15 is 0 Å². The number of nitrogens with one attached hydrogen (secondary N) is 1. The molecule has 1 amide bonds. The highest BCUT2D eigenvalue weighted by atomic mass is 16.1. The van der Waals surface area contributed by atoms with E-state index in [1.165, 1.54) is 0 Å². The molecule has 19 heavy (non-hydrogen) atoms. The number of carbonyl (C=O) groups excluding carboxylic acids is 1. The summed E-state index contributed by atoms with van der Waals surface area (Å²) in [6.45, 7) is 0.447. The Morgan fingerprint density at radius 1 is 1.21 bits per heavy atom. The molecule has 98 valence electrons. The number of carbonyl (C=O) groups is 1. The third-order valence-electron chi connectivity index (χ3n) is 2.67. The molecule has 0 aromatic carbocycles. The average molecular weight is 256 g/mol. The standard InChI is InChI=1S/C14H16N4O/c1-18(2)13-12(4-3-7-16-13)10-17-14(19)11-5-8-15-9-6-11/h3-9H,10H2,1-2H3,(H,17,19). The number of anilines is 1. The van der Waals surface area contributed by atoms with Gasteiger partial charge in [0.25, 0.3) is 5.91 Å². The molecule has 5 heteroatoms. The SMILES string of the molecule is CN(C)c1ncccc1CNC(=O)c1ccncc1. The quantitative estimate of drug-likeness (QED) is 0.900. The molecule has 0 aliphatic heterocycles. The van der Waals surface area contributed by atoms with Crippen LogP contribution in [0.25, 0.3) is 0 Å². The van der Waals surface area contributed by atoms with Gasteiger partial charge in [0, 0.05) is 50.4 Å². The van der Waals surface area contributed by atoms with Crippen LogP contribution in [0.4, 0.5) is 5.82 Å². The molecule has 2 rings (SSSR count). The first kappa shape index (κ1) is 13.0. The molecule has 5 nitrogen and oxygen atoms in total. The Balaban J connectivity index is 2.05. The molecule has 0 aliphatic rings. The van der Waals surface area contributed by atoms with Crippen molar-refractivity contribution in [2.45, 2.75) is 6.54 Å². The van der Waals surface area contributed by atoms with E-state index in [4.69, 9.17) is 0 Å². The zero-order chi connectivity index (χ0) is 13.7. The molecule has 2 aromatic heterocycles. The summed E-state index contributed by atoms with van der Waals surface area (Å²) in [7, 11) is 3.85. The zero-order valence-electron chi connectivity index (χ0n) is 11.0. The highest BCUT2D eigenvalue weighted by Gasteiger charge is 2.08. The van der Waals surface area contributed by atoms with Crippen LogP contribution in [-0.2, 0) is 6.54 Å². The van der Waals surface area contributed by atoms with Gasteiger partial charge in [-0.15, -0.1) is 0 Å². The van der Waals surface area contributed by atoms with E-state index in [1.54, 1.807) is 30.7 Å². The number of amides is 1. The van der Waals surface area contributed by atoms with Gasteiger partial charge in [0.2, 0.25) is 0 Å². The minimum absolute atomic E-state index is 0.115. The summed E-state index contributed by atoms with van der Waals surface area (Å²) in [5.74, 6) is 0.744. The molecule has 0 unspecified atom stereocenters. The predicted octanol–water partition coefficient (Wildman–Crippen LogP) is 1.47. The molecule has 0 aliphatic carbocycles. The van der Waals surface area contributed by atoms with Gasteiger partial charge in [-0.1, -0.05) is 6.07 Å². The van der Waals surface area contributed by atoms with Crippen molar-refractivity contribution in [2.75, 3.05) is 19.0 Å². The van der Waals surface area contributed by atoms with Crippen LogP contribution >= 0.6 is 0 Å². The maximum Gasteiger partial charge on any atom is 0.251 e. The van der Waals surface area contributed by atoms with Crippen molar-refractivity contribution >= 4 is 11.7 Å². The molecular formula is C14H16N4O. The normalized spacial score (nSPS) is 10.0. The molecule has 0 radical (unpaired) electrons. The second-order valence-electron chi connectivity index (χ2n) is 4.30. The van der Waals surface area contributed by atoms with Crippen molar-refractivity contribution in [2.24, 2.45) is 0 Å². The van der Waals surface area contributed by atoms with Crippen molar-refractivity contribution in [3.05, 3.63) is 54.0 Å². The molecule has 0 atom stereocenters. The molecule has 0 fully saturated rings. The maximum atomic E-state index is 11.9. The molecule has 2 aromatic rings. The summed E-state index contributed by atoms with van der Waals surface area (Å²) >= 11 is 0. The number of hydrogen-bond acceptors (Lipinski definition) is 4. The zero-order valence-corrected chi connectivity index (χ0v) is 11.0. The fraction of sp³-hybridized carbons (Fsp3) is 0.214. The molecule has 2 heterocycles. The first-order chi connectivity index (χ1) is 9.18. The van der Waals surface area contributed by atoms with Crippen molar-refractivity contribution in [1.82, 2.24) is 15.3 Å². The van der Waals surface area contributed by atoms with E-state index in [1.807, 2.05) is 31.1 Å². The number of nitrogens with zero attached hydrogens (tertiary/aromatic N) is 3. The first-order valence-electron chi connectivity index (χ1n) is 5.98.